The number of ketones is 1. The number of carbonyl (C=O) groups is 1. The predicted molar refractivity (Wildman–Crippen MR) is 80.2 cm³/mol. The average molecular weight is 296 g/mol. The van der Waals surface area contributed by atoms with Gasteiger partial charge in [-0.15, -0.1) is 0 Å². The van der Waals surface area contributed by atoms with Crippen molar-refractivity contribution < 1.29 is 23.7 Å². The molecular weight excluding hydrogens is 272 g/mol. The van der Waals surface area contributed by atoms with Crippen molar-refractivity contribution in [2.75, 3.05) is 46.8 Å². The summed E-state index contributed by atoms with van der Waals surface area (Å²) in [6.45, 7) is 6.55. The summed E-state index contributed by atoms with van der Waals surface area (Å²) in [6, 6.07) is 5.58. The Bertz CT molecular complexity index is 431. The van der Waals surface area contributed by atoms with Crippen LogP contribution >= 0.6 is 0 Å². The zero-order chi connectivity index (χ0) is 15.5. The number of hydrogen-bond donors (Lipinski definition) is 0. The second kappa shape index (κ2) is 10.3. The van der Waals surface area contributed by atoms with E-state index in [1.165, 1.54) is 6.92 Å². The highest BCUT2D eigenvalue weighted by Crippen LogP contribution is 2.20. The van der Waals surface area contributed by atoms with Gasteiger partial charge in [0.1, 0.15) is 12.4 Å². The lowest BCUT2D eigenvalue weighted by atomic mass is 10.1. The molecule has 0 saturated carbocycles. The molecule has 5 heteroatoms. The summed E-state index contributed by atoms with van der Waals surface area (Å²) < 4.78 is 21.1. The standard InChI is InChI=1S/C16H24O5/c1-13-4-5-16(15(12-13)14(2)17)21-11-10-20-9-8-19-7-6-18-3/h4-5,12H,6-11H2,1-3H3. The molecule has 5 nitrogen and oxygen atoms in total. The highest BCUT2D eigenvalue weighted by Gasteiger charge is 2.08. The molecule has 0 aliphatic heterocycles. The Hall–Kier alpha value is -1.43. The number of carbonyl (C=O) groups excluding carboxylic acids is 1. The Balaban J connectivity index is 2.20. The molecule has 1 rings (SSSR count). The van der Waals surface area contributed by atoms with E-state index in [4.69, 9.17) is 18.9 Å². The van der Waals surface area contributed by atoms with Crippen LogP contribution in [-0.4, -0.2) is 52.5 Å². The van der Waals surface area contributed by atoms with Crippen molar-refractivity contribution in [2.45, 2.75) is 13.8 Å². The molecular formula is C16H24O5. The predicted octanol–water partition coefficient (Wildman–Crippen LogP) is 2.26. The van der Waals surface area contributed by atoms with Crippen molar-refractivity contribution in [1.29, 1.82) is 0 Å². The average Bonchev–Trinajstić information content (AvgIpc) is 2.46. The highest BCUT2D eigenvalue weighted by atomic mass is 16.6. The molecule has 0 radical (unpaired) electrons. The number of ether oxygens (including phenoxy) is 4. The normalized spacial score (nSPS) is 10.6. The third-order valence-electron chi connectivity index (χ3n) is 2.80. The Morgan fingerprint density at radius 3 is 2.24 bits per heavy atom. The van der Waals surface area contributed by atoms with Crippen LogP contribution in [0, 0.1) is 6.92 Å². The Morgan fingerprint density at radius 1 is 1.00 bits per heavy atom. The maximum atomic E-state index is 11.5. The van der Waals surface area contributed by atoms with Crippen molar-refractivity contribution in [3.05, 3.63) is 29.3 Å². The summed E-state index contributed by atoms with van der Waals surface area (Å²) in [7, 11) is 1.64. The van der Waals surface area contributed by atoms with E-state index in [9.17, 15) is 4.79 Å². The lowest BCUT2D eigenvalue weighted by molar-refractivity contribution is 0.0179. The van der Waals surface area contributed by atoms with E-state index >= 15 is 0 Å². The van der Waals surface area contributed by atoms with Gasteiger partial charge in [0.25, 0.3) is 0 Å². The van der Waals surface area contributed by atoms with Crippen LogP contribution < -0.4 is 4.74 Å². The van der Waals surface area contributed by atoms with Crippen LogP contribution in [-0.2, 0) is 14.2 Å². The Labute approximate surface area is 126 Å². The second-order valence-corrected chi connectivity index (χ2v) is 4.62. The lowest BCUT2D eigenvalue weighted by Gasteiger charge is -2.11. The smallest absolute Gasteiger partial charge is 0.163 e. The third-order valence-corrected chi connectivity index (χ3v) is 2.80. The van der Waals surface area contributed by atoms with Crippen LogP contribution in [0.2, 0.25) is 0 Å². The fraction of sp³-hybridized carbons (Fsp3) is 0.562. The minimum atomic E-state index is 0.00108. The third kappa shape index (κ3) is 7.22. The van der Waals surface area contributed by atoms with Crippen molar-refractivity contribution in [3.63, 3.8) is 0 Å². The SMILES string of the molecule is COCCOCCOCCOc1ccc(C)cc1C(C)=O. The van der Waals surface area contributed by atoms with Crippen LogP contribution in [0.5, 0.6) is 5.75 Å². The number of aryl methyl sites for hydroxylation is 1. The molecule has 0 aliphatic carbocycles. The van der Waals surface area contributed by atoms with E-state index in [2.05, 4.69) is 0 Å². The highest BCUT2D eigenvalue weighted by molar-refractivity contribution is 5.97. The van der Waals surface area contributed by atoms with Gasteiger partial charge in [0.05, 0.1) is 38.6 Å². The van der Waals surface area contributed by atoms with Crippen LogP contribution in [0.1, 0.15) is 22.8 Å². The summed E-state index contributed by atoms with van der Waals surface area (Å²) in [5, 5.41) is 0. The molecule has 0 heterocycles. The molecule has 0 amide bonds. The number of rotatable bonds is 11. The number of hydrogen-bond acceptors (Lipinski definition) is 5. The topological polar surface area (TPSA) is 54.0 Å². The van der Waals surface area contributed by atoms with Gasteiger partial charge in [-0.25, -0.2) is 0 Å². The van der Waals surface area contributed by atoms with E-state index in [0.29, 0.717) is 51.0 Å². The molecule has 0 bridgehead atoms. The van der Waals surface area contributed by atoms with E-state index in [-0.39, 0.29) is 5.78 Å². The maximum absolute atomic E-state index is 11.5. The minimum Gasteiger partial charge on any atom is -0.490 e. The van der Waals surface area contributed by atoms with E-state index in [1.807, 2.05) is 25.1 Å². The Morgan fingerprint density at radius 2 is 1.62 bits per heavy atom. The van der Waals surface area contributed by atoms with Gasteiger partial charge in [-0.2, -0.15) is 0 Å². The summed E-state index contributed by atoms with van der Waals surface area (Å²) in [5.41, 5.74) is 1.65. The summed E-state index contributed by atoms with van der Waals surface area (Å²) >= 11 is 0. The fourth-order valence-corrected chi connectivity index (χ4v) is 1.72. The molecule has 0 fully saturated rings. The lowest BCUT2D eigenvalue weighted by Crippen LogP contribution is -2.13. The molecule has 0 aliphatic rings. The molecule has 0 atom stereocenters. The zero-order valence-electron chi connectivity index (χ0n) is 13.0. The van der Waals surface area contributed by atoms with Gasteiger partial charge in [-0.05, 0) is 26.0 Å². The monoisotopic (exact) mass is 296 g/mol. The summed E-state index contributed by atoms with van der Waals surface area (Å²) in [6.07, 6.45) is 0. The quantitative estimate of drug-likeness (QED) is 0.463. The van der Waals surface area contributed by atoms with E-state index in [1.54, 1.807) is 7.11 Å². The van der Waals surface area contributed by atoms with Gasteiger partial charge in [-0.3, -0.25) is 4.79 Å². The Kier molecular flexibility index (Phi) is 8.66. The minimum absolute atomic E-state index is 0.00108. The van der Waals surface area contributed by atoms with Crippen molar-refractivity contribution in [3.8, 4) is 5.75 Å². The molecule has 0 saturated heterocycles. The summed E-state index contributed by atoms with van der Waals surface area (Å²) in [5.74, 6) is 0.606. The van der Waals surface area contributed by atoms with Crippen molar-refractivity contribution in [2.24, 2.45) is 0 Å². The molecule has 0 spiro atoms. The first kappa shape index (κ1) is 17.6. The second-order valence-electron chi connectivity index (χ2n) is 4.62. The van der Waals surface area contributed by atoms with Crippen LogP contribution in [0.3, 0.4) is 0 Å². The first-order valence-corrected chi connectivity index (χ1v) is 7.04. The number of methoxy groups -OCH3 is 1. The first-order valence-electron chi connectivity index (χ1n) is 7.04. The maximum Gasteiger partial charge on any atom is 0.163 e. The number of benzene rings is 1. The van der Waals surface area contributed by atoms with Crippen molar-refractivity contribution >= 4 is 5.78 Å². The van der Waals surface area contributed by atoms with Gasteiger partial charge >= 0.3 is 0 Å². The van der Waals surface area contributed by atoms with Gasteiger partial charge in [0.2, 0.25) is 0 Å². The van der Waals surface area contributed by atoms with Crippen LogP contribution in [0.15, 0.2) is 18.2 Å². The zero-order valence-corrected chi connectivity index (χ0v) is 13.0. The molecule has 118 valence electrons. The van der Waals surface area contributed by atoms with Gasteiger partial charge in [0, 0.05) is 7.11 Å². The van der Waals surface area contributed by atoms with Gasteiger partial charge < -0.3 is 18.9 Å². The van der Waals surface area contributed by atoms with E-state index < -0.39 is 0 Å². The molecule has 0 unspecified atom stereocenters. The largest absolute Gasteiger partial charge is 0.490 e. The molecule has 0 aromatic heterocycles. The van der Waals surface area contributed by atoms with Gasteiger partial charge in [-0.1, -0.05) is 11.6 Å². The van der Waals surface area contributed by atoms with Gasteiger partial charge in [0.15, 0.2) is 5.78 Å². The molecule has 1 aromatic rings. The van der Waals surface area contributed by atoms with E-state index in [0.717, 1.165) is 5.56 Å². The molecule has 0 N–H and O–H groups in total. The van der Waals surface area contributed by atoms with Crippen LogP contribution in [0.25, 0.3) is 0 Å². The number of Topliss-reactive ketones (excluding diaryl/α,β-unsaturated/α-hetero) is 1. The first-order chi connectivity index (χ1) is 10.1. The molecule has 1 aromatic carbocycles. The fourth-order valence-electron chi connectivity index (χ4n) is 1.72. The van der Waals surface area contributed by atoms with Crippen molar-refractivity contribution in [1.82, 2.24) is 0 Å². The molecule has 21 heavy (non-hydrogen) atoms. The van der Waals surface area contributed by atoms with Crippen LogP contribution in [0.4, 0.5) is 0 Å². The summed E-state index contributed by atoms with van der Waals surface area (Å²) in [4.78, 5) is 11.5.